The van der Waals surface area contributed by atoms with Gasteiger partial charge in [-0.25, -0.2) is 9.07 Å². The average Bonchev–Trinajstić information content (AvgIpc) is 3.10. The Balaban J connectivity index is 2.25. The van der Waals surface area contributed by atoms with Crippen LogP contribution in [-0.4, -0.2) is 31.1 Å². The van der Waals surface area contributed by atoms with E-state index in [4.69, 9.17) is 5.73 Å². The highest BCUT2D eigenvalue weighted by Crippen LogP contribution is 2.27. The van der Waals surface area contributed by atoms with Gasteiger partial charge in [0.05, 0.1) is 5.69 Å². The normalized spacial score (nSPS) is 10.7. The second kappa shape index (κ2) is 4.57. The lowest BCUT2D eigenvalue weighted by atomic mass is 10.1. The summed E-state index contributed by atoms with van der Waals surface area (Å²) in [4.78, 5) is 11.3. The number of nitrogens with one attached hydrogen (secondary N) is 1. The summed E-state index contributed by atoms with van der Waals surface area (Å²) >= 11 is 0. The van der Waals surface area contributed by atoms with E-state index in [1.807, 2.05) is 0 Å². The maximum atomic E-state index is 13.5. The average molecular weight is 272 g/mol. The van der Waals surface area contributed by atoms with Crippen LogP contribution in [0.2, 0.25) is 0 Å². The molecule has 3 rings (SSSR count). The first-order chi connectivity index (χ1) is 9.66. The summed E-state index contributed by atoms with van der Waals surface area (Å²) in [5.74, 6) is -1.21. The van der Waals surface area contributed by atoms with Crippen LogP contribution in [0.4, 0.5) is 4.39 Å². The summed E-state index contributed by atoms with van der Waals surface area (Å²) in [6, 6.07) is 5.81. The molecule has 0 unspecified atom stereocenters. The number of hydrogen-bond donors (Lipinski definition) is 2. The number of H-pyrrole nitrogens is 1. The van der Waals surface area contributed by atoms with Gasteiger partial charge < -0.3 is 5.73 Å². The third kappa shape index (κ3) is 1.92. The maximum Gasteiger partial charge on any atom is 0.271 e. The fraction of sp³-hybridized carbons (Fsp3) is 0. The molecule has 2 aromatic heterocycles. The highest BCUT2D eigenvalue weighted by molar-refractivity contribution is 5.97. The molecule has 0 aliphatic carbocycles. The van der Waals surface area contributed by atoms with Crippen molar-refractivity contribution in [2.24, 2.45) is 5.73 Å². The van der Waals surface area contributed by atoms with E-state index in [-0.39, 0.29) is 11.4 Å². The van der Waals surface area contributed by atoms with Crippen molar-refractivity contribution in [1.82, 2.24) is 25.2 Å². The fourth-order valence-corrected chi connectivity index (χ4v) is 1.90. The molecule has 0 atom stereocenters. The van der Waals surface area contributed by atoms with Gasteiger partial charge in [-0.05, 0) is 24.3 Å². The SMILES string of the molecule is NC(=O)c1n[nH]nc1-c1cc(F)ccc1-n1cccn1. The van der Waals surface area contributed by atoms with Crippen LogP contribution in [0.3, 0.4) is 0 Å². The quantitative estimate of drug-likeness (QED) is 0.739. The highest BCUT2D eigenvalue weighted by atomic mass is 19.1. The number of aromatic amines is 1. The van der Waals surface area contributed by atoms with E-state index < -0.39 is 11.7 Å². The molecule has 8 heteroatoms. The van der Waals surface area contributed by atoms with Gasteiger partial charge in [0.1, 0.15) is 11.5 Å². The molecule has 0 saturated carbocycles. The molecule has 0 radical (unpaired) electrons. The van der Waals surface area contributed by atoms with Crippen molar-refractivity contribution in [1.29, 1.82) is 0 Å². The van der Waals surface area contributed by atoms with Crippen molar-refractivity contribution in [3.8, 4) is 16.9 Å². The van der Waals surface area contributed by atoms with Gasteiger partial charge in [0, 0.05) is 18.0 Å². The number of carbonyl (C=O) groups is 1. The molecule has 1 amide bonds. The number of rotatable bonds is 3. The lowest BCUT2D eigenvalue weighted by Gasteiger charge is -2.08. The molecule has 2 heterocycles. The van der Waals surface area contributed by atoms with E-state index in [1.54, 1.807) is 18.5 Å². The van der Waals surface area contributed by atoms with E-state index >= 15 is 0 Å². The molecule has 0 bridgehead atoms. The number of halogens is 1. The summed E-state index contributed by atoms with van der Waals surface area (Å²) in [6.45, 7) is 0. The Kier molecular flexibility index (Phi) is 2.75. The molecule has 20 heavy (non-hydrogen) atoms. The first-order valence-corrected chi connectivity index (χ1v) is 5.67. The van der Waals surface area contributed by atoms with Crippen LogP contribution in [0.5, 0.6) is 0 Å². The predicted molar refractivity (Wildman–Crippen MR) is 67.4 cm³/mol. The van der Waals surface area contributed by atoms with E-state index in [0.717, 1.165) is 0 Å². The molecule has 100 valence electrons. The van der Waals surface area contributed by atoms with E-state index in [1.165, 1.54) is 22.9 Å². The first-order valence-electron chi connectivity index (χ1n) is 5.67. The second-order valence-electron chi connectivity index (χ2n) is 4.00. The summed E-state index contributed by atoms with van der Waals surface area (Å²) in [5.41, 5.74) is 6.29. The van der Waals surface area contributed by atoms with Crippen LogP contribution in [0.1, 0.15) is 10.5 Å². The van der Waals surface area contributed by atoms with Crippen LogP contribution in [0, 0.1) is 5.82 Å². The topological polar surface area (TPSA) is 102 Å². The zero-order valence-electron chi connectivity index (χ0n) is 10.1. The van der Waals surface area contributed by atoms with Crippen LogP contribution in [0.15, 0.2) is 36.7 Å². The zero-order valence-corrected chi connectivity index (χ0v) is 10.1. The van der Waals surface area contributed by atoms with Crippen LogP contribution < -0.4 is 5.73 Å². The Morgan fingerprint density at radius 1 is 1.35 bits per heavy atom. The number of carbonyl (C=O) groups excluding carboxylic acids is 1. The molecular weight excluding hydrogens is 263 g/mol. The van der Waals surface area contributed by atoms with Gasteiger partial charge in [0.15, 0.2) is 5.69 Å². The van der Waals surface area contributed by atoms with Gasteiger partial charge in [-0.1, -0.05) is 0 Å². The zero-order chi connectivity index (χ0) is 14.1. The van der Waals surface area contributed by atoms with Crippen LogP contribution >= 0.6 is 0 Å². The maximum absolute atomic E-state index is 13.5. The number of aromatic nitrogens is 5. The largest absolute Gasteiger partial charge is 0.364 e. The van der Waals surface area contributed by atoms with Gasteiger partial charge in [-0.15, -0.1) is 0 Å². The third-order valence-corrected chi connectivity index (χ3v) is 2.75. The Bertz CT molecular complexity index is 764. The molecule has 0 fully saturated rings. The van der Waals surface area contributed by atoms with E-state index in [0.29, 0.717) is 11.3 Å². The van der Waals surface area contributed by atoms with E-state index in [9.17, 15) is 9.18 Å². The van der Waals surface area contributed by atoms with Gasteiger partial charge in [-0.2, -0.15) is 20.5 Å². The minimum atomic E-state index is -0.746. The van der Waals surface area contributed by atoms with Crippen molar-refractivity contribution in [2.75, 3.05) is 0 Å². The molecule has 7 nitrogen and oxygen atoms in total. The number of primary amides is 1. The third-order valence-electron chi connectivity index (χ3n) is 2.75. The number of nitrogens with two attached hydrogens (primary N) is 1. The van der Waals surface area contributed by atoms with Crippen molar-refractivity contribution in [3.63, 3.8) is 0 Å². The van der Waals surface area contributed by atoms with Gasteiger partial charge in [-0.3, -0.25) is 4.79 Å². The summed E-state index contributed by atoms with van der Waals surface area (Å²) in [7, 11) is 0. The fourth-order valence-electron chi connectivity index (χ4n) is 1.90. The second-order valence-corrected chi connectivity index (χ2v) is 4.00. The first kappa shape index (κ1) is 12.0. The summed E-state index contributed by atoms with van der Waals surface area (Å²) in [5, 5.41) is 14.0. The Labute approximate surface area is 112 Å². The van der Waals surface area contributed by atoms with Gasteiger partial charge in [0.25, 0.3) is 5.91 Å². The molecule has 3 aromatic rings. The molecule has 0 aliphatic rings. The standard InChI is InChI=1S/C12H9FN6O/c13-7-2-3-9(19-5-1-4-15-19)8(6-7)10-11(12(14)20)17-18-16-10/h1-6H,(H2,14,20)(H,16,17,18). The summed E-state index contributed by atoms with van der Waals surface area (Å²) in [6.07, 6.45) is 3.28. The Morgan fingerprint density at radius 2 is 2.20 bits per heavy atom. The van der Waals surface area contributed by atoms with Gasteiger partial charge >= 0.3 is 0 Å². The Hall–Kier alpha value is -3.03. The minimum Gasteiger partial charge on any atom is -0.364 e. The number of nitrogens with zero attached hydrogens (tertiary/aromatic N) is 4. The predicted octanol–water partition coefficient (Wildman–Crippen LogP) is 0.895. The monoisotopic (exact) mass is 272 g/mol. The van der Waals surface area contributed by atoms with Crippen molar-refractivity contribution >= 4 is 5.91 Å². The molecular formula is C12H9FN6O. The molecule has 3 N–H and O–H groups in total. The summed E-state index contributed by atoms with van der Waals surface area (Å²) < 4.78 is 15.0. The Morgan fingerprint density at radius 3 is 2.90 bits per heavy atom. The van der Waals surface area contributed by atoms with Gasteiger partial charge in [0.2, 0.25) is 0 Å². The number of amides is 1. The molecule has 1 aromatic carbocycles. The van der Waals surface area contributed by atoms with Crippen molar-refractivity contribution in [3.05, 3.63) is 48.2 Å². The smallest absolute Gasteiger partial charge is 0.271 e. The molecule has 0 spiro atoms. The molecule has 0 aliphatic heterocycles. The number of hydrogen-bond acceptors (Lipinski definition) is 4. The van der Waals surface area contributed by atoms with Crippen LogP contribution in [-0.2, 0) is 0 Å². The minimum absolute atomic E-state index is 0.0518. The lowest BCUT2D eigenvalue weighted by molar-refractivity contribution is 0.0996. The number of benzene rings is 1. The van der Waals surface area contributed by atoms with E-state index in [2.05, 4.69) is 20.5 Å². The van der Waals surface area contributed by atoms with Crippen molar-refractivity contribution in [2.45, 2.75) is 0 Å². The van der Waals surface area contributed by atoms with Crippen molar-refractivity contribution < 1.29 is 9.18 Å². The lowest BCUT2D eigenvalue weighted by Crippen LogP contribution is -2.13. The molecule has 0 saturated heterocycles. The van der Waals surface area contributed by atoms with Crippen LogP contribution in [0.25, 0.3) is 16.9 Å². The highest BCUT2D eigenvalue weighted by Gasteiger charge is 2.19.